The molecule has 1 saturated heterocycles. The van der Waals surface area contributed by atoms with Crippen LogP contribution in [0.4, 0.5) is 0 Å². The summed E-state index contributed by atoms with van der Waals surface area (Å²) in [6.45, 7) is 8.15. The topological polar surface area (TPSA) is 35.2 Å². The molecule has 1 saturated carbocycles. The van der Waals surface area contributed by atoms with Gasteiger partial charge in [-0.15, -0.1) is 0 Å². The minimum Gasteiger partial charge on any atom is -0.378 e. The van der Waals surface area contributed by atoms with Gasteiger partial charge in [-0.2, -0.15) is 0 Å². The molecule has 2 N–H and O–H groups in total. The lowest BCUT2D eigenvalue weighted by molar-refractivity contribution is 0.0925. The Kier molecular flexibility index (Phi) is 5.30. The molecule has 2 nitrogen and oxygen atoms in total. The van der Waals surface area contributed by atoms with E-state index in [0.717, 1.165) is 18.4 Å². The van der Waals surface area contributed by atoms with Gasteiger partial charge in [0.15, 0.2) is 0 Å². The second kappa shape index (κ2) is 6.58. The molecule has 1 aliphatic heterocycles. The van der Waals surface area contributed by atoms with Gasteiger partial charge in [-0.3, -0.25) is 0 Å². The maximum absolute atomic E-state index is 6.35. The number of hydrogen-bond donors (Lipinski definition) is 1. The van der Waals surface area contributed by atoms with Crippen LogP contribution < -0.4 is 5.73 Å². The van der Waals surface area contributed by atoms with E-state index in [1.807, 2.05) is 0 Å². The van der Waals surface area contributed by atoms with Crippen molar-refractivity contribution < 1.29 is 4.74 Å². The number of hydrogen-bond acceptors (Lipinski definition) is 2. The van der Waals surface area contributed by atoms with Crippen LogP contribution in [-0.4, -0.2) is 18.8 Å². The van der Waals surface area contributed by atoms with Crippen molar-refractivity contribution in [3.63, 3.8) is 0 Å². The molecule has 19 heavy (non-hydrogen) atoms. The molecule has 112 valence electrons. The zero-order chi connectivity index (χ0) is 13.9. The number of ether oxygens (including phenoxy) is 1. The van der Waals surface area contributed by atoms with E-state index in [1.165, 1.54) is 51.4 Å². The SMILES string of the molecule is CC(C)(C)C1CCC(N)C(CCCC2CCCO2)C1. The molecule has 1 heterocycles. The Morgan fingerprint density at radius 3 is 2.53 bits per heavy atom. The van der Waals surface area contributed by atoms with Gasteiger partial charge in [0.25, 0.3) is 0 Å². The Morgan fingerprint density at radius 2 is 1.89 bits per heavy atom. The van der Waals surface area contributed by atoms with Crippen LogP contribution in [-0.2, 0) is 4.74 Å². The van der Waals surface area contributed by atoms with Gasteiger partial charge in [-0.05, 0) is 62.2 Å². The molecule has 2 fully saturated rings. The Hall–Kier alpha value is -0.0800. The summed E-state index contributed by atoms with van der Waals surface area (Å²) >= 11 is 0. The smallest absolute Gasteiger partial charge is 0.0576 e. The highest BCUT2D eigenvalue weighted by molar-refractivity contribution is 4.87. The van der Waals surface area contributed by atoms with Crippen LogP contribution in [0.1, 0.15) is 72.1 Å². The molecule has 0 bridgehead atoms. The number of rotatable bonds is 4. The van der Waals surface area contributed by atoms with Gasteiger partial charge in [0.1, 0.15) is 0 Å². The largest absolute Gasteiger partial charge is 0.378 e. The predicted molar refractivity (Wildman–Crippen MR) is 81.1 cm³/mol. The fourth-order valence-corrected chi connectivity index (χ4v) is 3.89. The van der Waals surface area contributed by atoms with Crippen molar-refractivity contribution in [2.75, 3.05) is 6.61 Å². The quantitative estimate of drug-likeness (QED) is 0.831. The number of nitrogens with two attached hydrogens (primary N) is 1. The molecule has 2 heteroatoms. The lowest BCUT2D eigenvalue weighted by Crippen LogP contribution is -2.39. The molecule has 4 atom stereocenters. The standard InChI is InChI=1S/C17H33NO/c1-17(2,3)14-9-10-16(18)13(12-14)6-4-7-15-8-5-11-19-15/h13-16H,4-12,18H2,1-3H3. The van der Waals surface area contributed by atoms with E-state index in [9.17, 15) is 0 Å². The lowest BCUT2D eigenvalue weighted by atomic mass is 9.67. The van der Waals surface area contributed by atoms with E-state index in [4.69, 9.17) is 10.5 Å². The Balaban J connectivity index is 1.74. The summed E-state index contributed by atoms with van der Waals surface area (Å²) in [4.78, 5) is 0. The molecule has 0 spiro atoms. The highest BCUT2D eigenvalue weighted by Gasteiger charge is 2.34. The van der Waals surface area contributed by atoms with E-state index in [1.54, 1.807) is 0 Å². The second-order valence-electron chi connectivity index (χ2n) is 7.87. The summed E-state index contributed by atoms with van der Waals surface area (Å²) in [5.74, 6) is 1.61. The molecule has 2 rings (SSSR count). The Morgan fingerprint density at radius 1 is 1.11 bits per heavy atom. The minimum absolute atomic E-state index is 0.447. The van der Waals surface area contributed by atoms with Crippen molar-refractivity contribution >= 4 is 0 Å². The van der Waals surface area contributed by atoms with Crippen LogP contribution in [0, 0.1) is 17.3 Å². The molecule has 0 aromatic heterocycles. The van der Waals surface area contributed by atoms with Gasteiger partial charge in [0.05, 0.1) is 6.10 Å². The van der Waals surface area contributed by atoms with Crippen molar-refractivity contribution in [3.8, 4) is 0 Å². The lowest BCUT2D eigenvalue weighted by Gasteiger charge is -2.41. The highest BCUT2D eigenvalue weighted by atomic mass is 16.5. The molecular weight excluding hydrogens is 234 g/mol. The minimum atomic E-state index is 0.447. The summed E-state index contributed by atoms with van der Waals surface area (Å²) in [5.41, 5.74) is 6.80. The van der Waals surface area contributed by atoms with Crippen molar-refractivity contribution in [2.45, 2.75) is 84.3 Å². The van der Waals surface area contributed by atoms with Crippen LogP contribution in [0.5, 0.6) is 0 Å². The molecule has 0 aromatic carbocycles. The van der Waals surface area contributed by atoms with Gasteiger partial charge in [-0.25, -0.2) is 0 Å². The Bertz CT molecular complexity index is 265. The average Bonchev–Trinajstić information content (AvgIpc) is 2.83. The molecule has 1 aliphatic carbocycles. The van der Waals surface area contributed by atoms with Gasteiger partial charge in [0, 0.05) is 12.6 Å². The summed E-state index contributed by atoms with van der Waals surface area (Å²) in [6.07, 6.45) is 10.9. The first kappa shape index (κ1) is 15.3. The normalized spacial score (nSPS) is 36.6. The molecule has 0 amide bonds. The van der Waals surface area contributed by atoms with Crippen LogP contribution in [0.15, 0.2) is 0 Å². The van der Waals surface area contributed by atoms with Gasteiger partial charge in [-0.1, -0.05) is 27.2 Å². The third-order valence-electron chi connectivity index (χ3n) is 5.39. The summed E-state index contributed by atoms with van der Waals surface area (Å²) in [7, 11) is 0. The first-order chi connectivity index (χ1) is 8.97. The highest BCUT2D eigenvalue weighted by Crippen LogP contribution is 2.41. The maximum Gasteiger partial charge on any atom is 0.0576 e. The van der Waals surface area contributed by atoms with Gasteiger partial charge < -0.3 is 10.5 Å². The van der Waals surface area contributed by atoms with E-state index in [0.29, 0.717) is 17.6 Å². The van der Waals surface area contributed by atoms with E-state index in [2.05, 4.69) is 20.8 Å². The fourth-order valence-electron chi connectivity index (χ4n) is 3.89. The van der Waals surface area contributed by atoms with Gasteiger partial charge in [0.2, 0.25) is 0 Å². The van der Waals surface area contributed by atoms with E-state index >= 15 is 0 Å². The zero-order valence-corrected chi connectivity index (χ0v) is 13.2. The monoisotopic (exact) mass is 267 g/mol. The molecule has 2 aliphatic rings. The van der Waals surface area contributed by atoms with Crippen LogP contribution in [0.2, 0.25) is 0 Å². The molecule has 0 aromatic rings. The van der Waals surface area contributed by atoms with Crippen molar-refractivity contribution in [3.05, 3.63) is 0 Å². The van der Waals surface area contributed by atoms with Crippen molar-refractivity contribution in [1.29, 1.82) is 0 Å². The molecule has 0 radical (unpaired) electrons. The first-order valence-corrected chi connectivity index (χ1v) is 8.34. The van der Waals surface area contributed by atoms with E-state index < -0.39 is 0 Å². The zero-order valence-electron chi connectivity index (χ0n) is 13.2. The van der Waals surface area contributed by atoms with Crippen molar-refractivity contribution in [1.82, 2.24) is 0 Å². The average molecular weight is 267 g/mol. The summed E-state index contributed by atoms with van der Waals surface area (Å²) in [5, 5.41) is 0. The first-order valence-electron chi connectivity index (χ1n) is 8.34. The molecular formula is C17H33NO. The molecule has 4 unspecified atom stereocenters. The predicted octanol–water partition coefficient (Wildman–Crippen LogP) is 4.13. The maximum atomic E-state index is 6.35. The third kappa shape index (κ3) is 4.46. The third-order valence-corrected chi connectivity index (χ3v) is 5.39. The second-order valence-corrected chi connectivity index (χ2v) is 7.87. The summed E-state index contributed by atoms with van der Waals surface area (Å²) in [6, 6.07) is 0.447. The van der Waals surface area contributed by atoms with Crippen LogP contribution in [0.25, 0.3) is 0 Å². The summed E-state index contributed by atoms with van der Waals surface area (Å²) < 4.78 is 5.71. The fraction of sp³-hybridized carbons (Fsp3) is 1.00. The van der Waals surface area contributed by atoms with Crippen molar-refractivity contribution in [2.24, 2.45) is 23.0 Å². The Labute approximate surface area is 119 Å². The van der Waals surface area contributed by atoms with E-state index in [-0.39, 0.29) is 0 Å². The van der Waals surface area contributed by atoms with Crippen LogP contribution in [0.3, 0.4) is 0 Å². The van der Waals surface area contributed by atoms with Gasteiger partial charge >= 0.3 is 0 Å². The van der Waals surface area contributed by atoms with Crippen LogP contribution >= 0.6 is 0 Å².